The van der Waals surface area contributed by atoms with Gasteiger partial charge in [-0.2, -0.15) is 0 Å². The second kappa shape index (κ2) is 9.75. The molecule has 0 bridgehead atoms. The number of anilines is 1. The van der Waals surface area contributed by atoms with Crippen LogP contribution in [-0.4, -0.2) is 43.7 Å². The first-order chi connectivity index (χ1) is 16.7. The minimum atomic E-state index is -0.581. The van der Waals surface area contributed by atoms with Crippen LogP contribution in [0, 0.1) is 0 Å². The highest BCUT2D eigenvalue weighted by molar-refractivity contribution is 6.31. The van der Waals surface area contributed by atoms with Gasteiger partial charge in [0.1, 0.15) is 6.54 Å². The minimum Gasteiger partial charge on any atom is -0.354 e. The molecular formula is C24H25ClN6O4. The standard InChI is InChI=1S/C24H25ClN6O4/c1-15(2)26-20(32)11-12-29-22(34)18-13-16(25)9-10-19(18)31-23(29)27-30(24(31)35)14-21(33)28(3)17-7-5-4-6-8-17/h4-10,13,15H,11-12,14H2,1-3H3,(H,26,32). The number of fused-ring (bicyclic) bond motifs is 3. The summed E-state index contributed by atoms with van der Waals surface area (Å²) in [5.74, 6) is -0.556. The number of amides is 2. The topological polar surface area (TPSA) is 111 Å². The first kappa shape index (κ1) is 24.2. The lowest BCUT2D eigenvalue weighted by Gasteiger charge is -2.16. The van der Waals surface area contributed by atoms with E-state index < -0.39 is 11.2 Å². The molecule has 10 nitrogen and oxygen atoms in total. The average molecular weight is 497 g/mol. The molecule has 0 atom stereocenters. The third kappa shape index (κ3) is 4.83. The number of nitrogens with zero attached hydrogens (tertiary/aromatic N) is 5. The first-order valence-corrected chi connectivity index (χ1v) is 11.5. The Kier molecular flexibility index (Phi) is 6.74. The summed E-state index contributed by atoms with van der Waals surface area (Å²) in [5.41, 5.74) is -0.0281. The number of nitrogens with one attached hydrogen (secondary N) is 1. The molecule has 0 fully saturated rings. The molecule has 182 valence electrons. The third-order valence-electron chi connectivity index (χ3n) is 5.55. The molecular weight excluding hydrogens is 472 g/mol. The Balaban J connectivity index is 1.80. The largest absolute Gasteiger partial charge is 0.354 e. The van der Waals surface area contributed by atoms with Gasteiger partial charge in [-0.15, -0.1) is 5.10 Å². The Morgan fingerprint density at radius 3 is 2.51 bits per heavy atom. The third-order valence-corrected chi connectivity index (χ3v) is 5.79. The predicted molar refractivity (Wildman–Crippen MR) is 134 cm³/mol. The first-order valence-electron chi connectivity index (χ1n) is 11.1. The van der Waals surface area contributed by atoms with E-state index >= 15 is 0 Å². The van der Waals surface area contributed by atoms with Gasteiger partial charge in [-0.1, -0.05) is 29.8 Å². The predicted octanol–water partition coefficient (Wildman–Crippen LogP) is 2.04. The Morgan fingerprint density at radius 2 is 1.83 bits per heavy atom. The Morgan fingerprint density at radius 1 is 1.11 bits per heavy atom. The molecule has 2 aromatic carbocycles. The normalized spacial score (nSPS) is 11.3. The number of hydrogen-bond acceptors (Lipinski definition) is 5. The van der Waals surface area contributed by atoms with Crippen molar-refractivity contribution in [3.63, 3.8) is 0 Å². The van der Waals surface area contributed by atoms with Crippen molar-refractivity contribution in [2.75, 3.05) is 11.9 Å². The Bertz CT molecular complexity index is 1540. The fourth-order valence-electron chi connectivity index (χ4n) is 3.83. The SMILES string of the molecule is CC(C)NC(=O)CCn1c(=O)c2cc(Cl)ccc2n2c(=O)n(CC(=O)N(C)c3ccccc3)nc12. The smallest absolute Gasteiger partial charge is 0.352 e. The van der Waals surface area contributed by atoms with Crippen molar-refractivity contribution in [1.82, 2.24) is 24.1 Å². The molecule has 2 heterocycles. The number of carbonyl (C=O) groups is 2. The molecule has 0 spiro atoms. The van der Waals surface area contributed by atoms with Gasteiger partial charge in [0, 0.05) is 36.8 Å². The van der Waals surface area contributed by atoms with Gasteiger partial charge in [0.05, 0.1) is 10.9 Å². The van der Waals surface area contributed by atoms with Crippen LogP contribution in [0.15, 0.2) is 58.1 Å². The van der Waals surface area contributed by atoms with Crippen molar-refractivity contribution < 1.29 is 9.59 Å². The van der Waals surface area contributed by atoms with Crippen LogP contribution in [0.5, 0.6) is 0 Å². The number of rotatable bonds is 7. The second-order valence-corrected chi connectivity index (χ2v) is 8.89. The van der Waals surface area contributed by atoms with E-state index in [-0.39, 0.29) is 48.5 Å². The highest BCUT2D eigenvalue weighted by Crippen LogP contribution is 2.17. The van der Waals surface area contributed by atoms with Gasteiger partial charge in [0.15, 0.2) is 0 Å². The molecule has 2 aromatic heterocycles. The van der Waals surface area contributed by atoms with Gasteiger partial charge >= 0.3 is 5.69 Å². The molecule has 35 heavy (non-hydrogen) atoms. The van der Waals surface area contributed by atoms with Gasteiger partial charge in [0.2, 0.25) is 17.6 Å². The van der Waals surface area contributed by atoms with Crippen LogP contribution in [-0.2, 0) is 22.7 Å². The summed E-state index contributed by atoms with van der Waals surface area (Å²) in [4.78, 5) is 53.2. The van der Waals surface area contributed by atoms with E-state index in [1.165, 1.54) is 19.9 Å². The van der Waals surface area contributed by atoms with Crippen LogP contribution in [0.25, 0.3) is 16.7 Å². The fraction of sp³-hybridized carbons (Fsp3) is 0.292. The average Bonchev–Trinajstić information content (AvgIpc) is 3.14. The molecule has 1 N–H and O–H groups in total. The summed E-state index contributed by atoms with van der Waals surface area (Å²) in [6.07, 6.45) is 0.0105. The molecule has 0 radical (unpaired) electrons. The van der Waals surface area contributed by atoms with E-state index in [0.29, 0.717) is 16.2 Å². The van der Waals surface area contributed by atoms with E-state index in [9.17, 15) is 19.2 Å². The van der Waals surface area contributed by atoms with Crippen molar-refractivity contribution in [1.29, 1.82) is 0 Å². The maximum Gasteiger partial charge on any atom is 0.352 e. The summed E-state index contributed by atoms with van der Waals surface area (Å²) in [6.45, 7) is 3.34. The minimum absolute atomic E-state index is 0.00232. The number of para-hydroxylation sites is 1. The molecule has 0 unspecified atom stereocenters. The molecule has 0 aliphatic heterocycles. The van der Waals surface area contributed by atoms with Crippen LogP contribution in [0.1, 0.15) is 20.3 Å². The van der Waals surface area contributed by atoms with Crippen molar-refractivity contribution in [3.8, 4) is 0 Å². The maximum atomic E-state index is 13.3. The zero-order valence-corrected chi connectivity index (χ0v) is 20.3. The van der Waals surface area contributed by atoms with Gasteiger partial charge in [-0.3, -0.25) is 19.0 Å². The van der Waals surface area contributed by atoms with Crippen LogP contribution in [0.3, 0.4) is 0 Å². The lowest BCUT2D eigenvalue weighted by Crippen LogP contribution is -2.34. The van der Waals surface area contributed by atoms with E-state index in [1.54, 1.807) is 31.3 Å². The van der Waals surface area contributed by atoms with Gasteiger partial charge in [0.25, 0.3) is 5.56 Å². The summed E-state index contributed by atoms with van der Waals surface area (Å²) in [5, 5.41) is 7.64. The monoisotopic (exact) mass is 496 g/mol. The summed E-state index contributed by atoms with van der Waals surface area (Å²) >= 11 is 6.12. The number of hydrogen-bond donors (Lipinski definition) is 1. The van der Waals surface area contributed by atoms with Crippen LogP contribution >= 0.6 is 11.6 Å². The molecule has 0 saturated heterocycles. The van der Waals surface area contributed by atoms with Crippen molar-refractivity contribution in [2.45, 2.75) is 39.4 Å². The molecule has 0 saturated carbocycles. The molecule has 4 aromatic rings. The molecule has 0 aliphatic carbocycles. The Hall–Kier alpha value is -3.92. The van der Waals surface area contributed by atoms with Gasteiger partial charge < -0.3 is 10.2 Å². The van der Waals surface area contributed by atoms with Crippen LogP contribution < -0.4 is 21.5 Å². The van der Waals surface area contributed by atoms with E-state index in [2.05, 4.69) is 10.4 Å². The summed E-state index contributed by atoms with van der Waals surface area (Å²) in [7, 11) is 1.61. The number of likely N-dealkylation sites (N-methyl/N-ethyl adjacent to an activating group) is 1. The molecule has 11 heteroatoms. The highest BCUT2D eigenvalue weighted by atomic mass is 35.5. The lowest BCUT2D eigenvalue weighted by molar-refractivity contribution is -0.122. The van der Waals surface area contributed by atoms with Crippen molar-refractivity contribution in [3.05, 3.63) is 74.4 Å². The number of aryl methyl sites for hydroxylation is 1. The highest BCUT2D eigenvalue weighted by Gasteiger charge is 2.21. The van der Waals surface area contributed by atoms with E-state index in [0.717, 1.165) is 4.68 Å². The molecule has 4 rings (SSSR count). The fourth-order valence-corrected chi connectivity index (χ4v) is 4.01. The van der Waals surface area contributed by atoms with Gasteiger partial charge in [-0.05, 0) is 44.2 Å². The zero-order valence-electron chi connectivity index (χ0n) is 19.6. The van der Waals surface area contributed by atoms with Crippen LogP contribution in [0.2, 0.25) is 5.02 Å². The second-order valence-electron chi connectivity index (χ2n) is 8.45. The number of halogens is 1. The van der Waals surface area contributed by atoms with Crippen LogP contribution in [0.4, 0.5) is 5.69 Å². The number of carbonyl (C=O) groups excluding carboxylic acids is 2. The lowest BCUT2D eigenvalue weighted by atomic mass is 10.2. The van der Waals surface area contributed by atoms with Crippen molar-refractivity contribution in [2.24, 2.45) is 0 Å². The quantitative estimate of drug-likeness (QED) is 0.421. The van der Waals surface area contributed by atoms with E-state index in [1.807, 2.05) is 32.0 Å². The van der Waals surface area contributed by atoms with E-state index in [4.69, 9.17) is 11.6 Å². The summed E-state index contributed by atoms with van der Waals surface area (Å²) in [6, 6.07) is 13.6. The molecule has 0 aliphatic rings. The summed E-state index contributed by atoms with van der Waals surface area (Å²) < 4.78 is 3.56. The maximum absolute atomic E-state index is 13.3. The molecule has 2 amide bonds. The number of aromatic nitrogens is 4. The number of benzene rings is 2. The van der Waals surface area contributed by atoms with Crippen molar-refractivity contribution >= 4 is 45.8 Å². The van der Waals surface area contributed by atoms with Gasteiger partial charge in [-0.25, -0.2) is 13.9 Å². The zero-order chi connectivity index (χ0) is 25.3. The Labute approximate surface area is 205 Å².